The normalized spacial score (nSPS) is 19.0. The van der Waals surface area contributed by atoms with Crippen molar-refractivity contribution in [3.05, 3.63) is 41.5 Å². The number of amides is 1. The molecule has 1 aromatic carbocycles. The molecule has 7 heteroatoms. The lowest BCUT2D eigenvalue weighted by atomic mass is 10.2. The van der Waals surface area contributed by atoms with Gasteiger partial charge >= 0.3 is 0 Å². The van der Waals surface area contributed by atoms with Crippen LogP contribution in [0.5, 0.6) is 5.75 Å². The first kappa shape index (κ1) is 16.1. The third-order valence-corrected chi connectivity index (χ3v) is 4.65. The number of carbonyl (C=O) groups is 1. The molecule has 3 heterocycles. The Bertz CT molecular complexity index is 753. The number of nitrogens with zero attached hydrogens (tertiary/aromatic N) is 3. The molecule has 2 aromatic rings. The fourth-order valence-corrected chi connectivity index (χ4v) is 3.29. The van der Waals surface area contributed by atoms with Crippen LogP contribution in [0.25, 0.3) is 0 Å². The van der Waals surface area contributed by atoms with Gasteiger partial charge < -0.3 is 19.4 Å². The molecule has 0 spiro atoms. The summed E-state index contributed by atoms with van der Waals surface area (Å²) in [5, 5.41) is 11.2. The van der Waals surface area contributed by atoms with E-state index >= 15 is 0 Å². The van der Waals surface area contributed by atoms with Crippen LogP contribution < -0.4 is 10.1 Å². The summed E-state index contributed by atoms with van der Waals surface area (Å²) in [6, 6.07) is 7.23. The number of ether oxygens (including phenoxy) is 2. The van der Waals surface area contributed by atoms with Crippen LogP contribution in [0.4, 0.5) is 0 Å². The van der Waals surface area contributed by atoms with E-state index in [-0.39, 0.29) is 12.0 Å². The van der Waals surface area contributed by atoms with Crippen LogP contribution in [0.3, 0.4) is 0 Å². The van der Waals surface area contributed by atoms with Gasteiger partial charge in [-0.05, 0) is 37.5 Å². The highest BCUT2D eigenvalue weighted by molar-refractivity contribution is 5.94. The molecule has 1 aromatic heterocycles. The fourth-order valence-electron chi connectivity index (χ4n) is 3.29. The predicted molar refractivity (Wildman–Crippen MR) is 90.4 cm³/mol. The number of fused-ring (bicyclic) bond motifs is 1. The van der Waals surface area contributed by atoms with Crippen LogP contribution in [-0.2, 0) is 24.2 Å². The van der Waals surface area contributed by atoms with Crippen molar-refractivity contribution in [3.63, 3.8) is 0 Å². The molecule has 4 rings (SSSR count). The van der Waals surface area contributed by atoms with E-state index in [0.29, 0.717) is 24.5 Å². The van der Waals surface area contributed by atoms with Crippen LogP contribution in [0.15, 0.2) is 24.3 Å². The third-order valence-electron chi connectivity index (χ3n) is 4.65. The average Bonchev–Trinajstić information content (AvgIpc) is 3.36. The summed E-state index contributed by atoms with van der Waals surface area (Å²) < 4.78 is 13.4. The van der Waals surface area contributed by atoms with Gasteiger partial charge in [0.1, 0.15) is 18.2 Å². The van der Waals surface area contributed by atoms with Gasteiger partial charge in [0.15, 0.2) is 5.82 Å². The number of hydrogen-bond acceptors (Lipinski definition) is 5. The largest absolute Gasteiger partial charge is 0.491 e. The number of benzene rings is 1. The second kappa shape index (κ2) is 7.23. The molecule has 1 saturated heterocycles. The van der Waals surface area contributed by atoms with Gasteiger partial charge in [-0.1, -0.05) is 6.07 Å². The van der Waals surface area contributed by atoms with E-state index in [1.165, 1.54) is 0 Å². The van der Waals surface area contributed by atoms with E-state index < -0.39 is 0 Å². The summed E-state index contributed by atoms with van der Waals surface area (Å²) in [6.45, 7) is 2.65. The van der Waals surface area contributed by atoms with E-state index in [1.807, 2.05) is 12.1 Å². The van der Waals surface area contributed by atoms with Gasteiger partial charge in [0.25, 0.3) is 5.91 Å². The van der Waals surface area contributed by atoms with Gasteiger partial charge in [0.05, 0.1) is 12.6 Å². The molecule has 132 valence electrons. The summed E-state index contributed by atoms with van der Waals surface area (Å²) in [5.41, 5.74) is 0.575. The van der Waals surface area contributed by atoms with Crippen molar-refractivity contribution in [3.8, 4) is 5.75 Å². The van der Waals surface area contributed by atoms with Crippen LogP contribution in [0, 0.1) is 0 Å². The Morgan fingerprint density at radius 1 is 1.36 bits per heavy atom. The second-order valence-corrected chi connectivity index (χ2v) is 6.44. The van der Waals surface area contributed by atoms with E-state index in [2.05, 4.69) is 20.1 Å². The van der Waals surface area contributed by atoms with E-state index in [9.17, 15) is 4.79 Å². The lowest BCUT2D eigenvalue weighted by Crippen LogP contribution is -2.24. The van der Waals surface area contributed by atoms with Crippen molar-refractivity contribution in [2.24, 2.45) is 0 Å². The SMILES string of the molecule is O=C(NCc1nnc2n1CCC2)c1cccc(OC[C@@H]2CCCO2)c1. The van der Waals surface area contributed by atoms with Crippen LogP contribution in [0.2, 0.25) is 0 Å². The zero-order valence-corrected chi connectivity index (χ0v) is 14.1. The minimum Gasteiger partial charge on any atom is -0.491 e. The Kier molecular flexibility index (Phi) is 4.65. The van der Waals surface area contributed by atoms with Gasteiger partial charge in [0.2, 0.25) is 0 Å². The number of rotatable bonds is 6. The smallest absolute Gasteiger partial charge is 0.251 e. The Hall–Kier alpha value is -2.41. The summed E-state index contributed by atoms with van der Waals surface area (Å²) in [4.78, 5) is 12.4. The van der Waals surface area contributed by atoms with Gasteiger partial charge in [-0.2, -0.15) is 0 Å². The number of nitrogens with one attached hydrogen (secondary N) is 1. The maximum Gasteiger partial charge on any atom is 0.251 e. The molecule has 0 aliphatic carbocycles. The van der Waals surface area contributed by atoms with Crippen LogP contribution >= 0.6 is 0 Å². The molecule has 25 heavy (non-hydrogen) atoms. The number of aromatic nitrogens is 3. The summed E-state index contributed by atoms with van der Waals surface area (Å²) in [5.74, 6) is 2.37. The Labute approximate surface area is 146 Å². The van der Waals surface area contributed by atoms with E-state index in [0.717, 1.165) is 50.5 Å². The lowest BCUT2D eigenvalue weighted by molar-refractivity contribution is 0.0679. The number of aryl methyl sites for hydroxylation is 1. The molecular weight excluding hydrogens is 320 g/mol. The summed E-state index contributed by atoms with van der Waals surface area (Å²) in [7, 11) is 0. The third kappa shape index (κ3) is 3.66. The minimum atomic E-state index is -0.141. The minimum absolute atomic E-state index is 0.141. The highest BCUT2D eigenvalue weighted by Gasteiger charge is 2.18. The molecule has 0 bridgehead atoms. The monoisotopic (exact) mass is 342 g/mol. The van der Waals surface area contributed by atoms with Gasteiger partial charge in [-0.15, -0.1) is 10.2 Å². The first-order valence-electron chi connectivity index (χ1n) is 8.83. The highest BCUT2D eigenvalue weighted by Crippen LogP contribution is 2.18. The molecule has 1 amide bonds. The summed E-state index contributed by atoms with van der Waals surface area (Å²) in [6.07, 6.45) is 4.33. The standard InChI is InChI=1S/C18H22N4O3/c23-18(19-11-17-21-20-16-7-2-8-22(16)17)13-4-1-5-14(10-13)25-12-15-6-3-9-24-15/h1,4-5,10,15H,2-3,6-9,11-12H2,(H,19,23)/t15-/m0/s1. The molecule has 0 radical (unpaired) electrons. The van der Waals surface area contributed by atoms with E-state index in [4.69, 9.17) is 9.47 Å². The molecule has 7 nitrogen and oxygen atoms in total. The maximum absolute atomic E-state index is 12.4. The molecule has 1 atom stereocenters. The first-order chi connectivity index (χ1) is 12.3. The van der Waals surface area contributed by atoms with Crippen molar-refractivity contribution < 1.29 is 14.3 Å². The predicted octanol–water partition coefficient (Wildman–Crippen LogP) is 1.71. The van der Waals surface area contributed by atoms with E-state index in [1.54, 1.807) is 12.1 Å². The van der Waals surface area contributed by atoms with Crippen molar-refractivity contribution in [1.82, 2.24) is 20.1 Å². The lowest BCUT2D eigenvalue weighted by Gasteiger charge is -2.12. The second-order valence-electron chi connectivity index (χ2n) is 6.44. The van der Waals surface area contributed by atoms with Crippen molar-refractivity contribution >= 4 is 5.91 Å². The Morgan fingerprint density at radius 2 is 2.32 bits per heavy atom. The number of carbonyl (C=O) groups excluding carboxylic acids is 1. The Morgan fingerprint density at radius 3 is 3.20 bits per heavy atom. The zero-order chi connectivity index (χ0) is 17.1. The molecule has 1 fully saturated rings. The fraction of sp³-hybridized carbons (Fsp3) is 0.500. The molecule has 0 unspecified atom stereocenters. The molecule has 0 saturated carbocycles. The first-order valence-corrected chi connectivity index (χ1v) is 8.83. The maximum atomic E-state index is 12.4. The van der Waals surface area contributed by atoms with Crippen molar-refractivity contribution in [1.29, 1.82) is 0 Å². The summed E-state index contributed by atoms with van der Waals surface area (Å²) >= 11 is 0. The van der Waals surface area contributed by atoms with Gasteiger partial charge in [0, 0.05) is 25.1 Å². The van der Waals surface area contributed by atoms with Gasteiger partial charge in [-0.3, -0.25) is 4.79 Å². The quantitative estimate of drug-likeness (QED) is 0.865. The number of hydrogen-bond donors (Lipinski definition) is 1. The van der Waals surface area contributed by atoms with Crippen LogP contribution in [0.1, 0.15) is 41.3 Å². The van der Waals surface area contributed by atoms with Gasteiger partial charge in [-0.25, -0.2) is 0 Å². The average molecular weight is 342 g/mol. The molecule has 2 aliphatic rings. The molecule has 1 N–H and O–H groups in total. The van der Waals surface area contributed by atoms with Crippen LogP contribution in [-0.4, -0.2) is 40.0 Å². The van der Waals surface area contributed by atoms with Crippen molar-refractivity contribution in [2.75, 3.05) is 13.2 Å². The Balaban J connectivity index is 1.34. The highest BCUT2D eigenvalue weighted by atomic mass is 16.5. The molecule has 2 aliphatic heterocycles. The topological polar surface area (TPSA) is 78.3 Å². The molecular formula is C18H22N4O3. The zero-order valence-electron chi connectivity index (χ0n) is 14.1. The van der Waals surface area contributed by atoms with Crippen molar-refractivity contribution in [2.45, 2.75) is 44.9 Å².